The Bertz CT molecular complexity index is 4830. The van der Waals surface area contributed by atoms with Gasteiger partial charge in [-0.2, -0.15) is 15.3 Å². The van der Waals surface area contributed by atoms with E-state index in [1.165, 1.54) is 12.1 Å². The number of carbonyl (C=O) groups excluding carboxylic acids is 3. The van der Waals surface area contributed by atoms with Crippen LogP contribution in [0.25, 0.3) is 83.5 Å². The molecular formula is C66H61F2N19O8. The van der Waals surface area contributed by atoms with E-state index in [0.717, 1.165) is 50.2 Å². The molecule has 6 aromatic carbocycles. The van der Waals surface area contributed by atoms with Gasteiger partial charge in [0.25, 0.3) is 0 Å². The van der Waals surface area contributed by atoms with Crippen LogP contribution in [0, 0.1) is 0 Å². The van der Waals surface area contributed by atoms with Gasteiger partial charge in [0.05, 0.1) is 47.8 Å². The summed E-state index contributed by atoms with van der Waals surface area (Å²) in [6, 6.07) is 40.1. The van der Waals surface area contributed by atoms with Crippen LogP contribution < -0.4 is 55.6 Å². The number of aromatic nitrogens is 13. The number of nitrogens with zero attached hydrogens (tertiary/aromatic N) is 10. The number of alkyl halides is 2. The number of ether oxygens (including phenoxy) is 5. The molecule has 0 saturated heterocycles. The highest BCUT2D eigenvalue weighted by Gasteiger charge is 2.43. The van der Waals surface area contributed by atoms with Crippen molar-refractivity contribution in [2.45, 2.75) is 33.7 Å². The number of urea groups is 3. The number of aromatic amines is 3. The van der Waals surface area contributed by atoms with E-state index in [9.17, 15) is 23.2 Å². The van der Waals surface area contributed by atoms with E-state index < -0.39 is 6.29 Å². The monoisotopic (exact) mass is 1290 g/mol. The summed E-state index contributed by atoms with van der Waals surface area (Å²) >= 11 is 0. The fourth-order valence-electron chi connectivity index (χ4n) is 10.2. The molecule has 0 radical (unpaired) electrons. The Balaban J connectivity index is 0.000000138. The molecule has 13 aromatic rings. The number of carbonyl (C=O) groups is 3. The number of halogens is 2. The zero-order valence-electron chi connectivity index (χ0n) is 51.6. The summed E-state index contributed by atoms with van der Waals surface area (Å²) in [5.41, 5.74) is 12.4. The van der Waals surface area contributed by atoms with Crippen LogP contribution in [0.3, 0.4) is 0 Å². The Morgan fingerprint density at radius 2 is 0.947 bits per heavy atom. The third-order valence-electron chi connectivity index (χ3n) is 14.4. The Labute approximate surface area is 539 Å². The summed E-state index contributed by atoms with van der Waals surface area (Å²) in [7, 11) is 3.21. The number of hydrogen-bond donors (Lipinski definition) is 9. The van der Waals surface area contributed by atoms with E-state index in [1.807, 2.05) is 136 Å². The lowest BCUT2D eigenvalue weighted by atomic mass is 10.0. The van der Waals surface area contributed by atoms with E-state index in [4.69, 9.17) is 14.2 Å². The van der Waals surface area contributed by atoms with Gasteiger partial charge in [0.1, 0.15) is 23.2 Å². The second-order valence-electron chi connectivity index (χ2n) is 20.8. The minimum absolute atomic E-state index is 0.0305. The molecule has 0 bridgehead atoms. The van der Waals surface area contributed by atoms with Crippen molar-refractivity contribution in [1.82, 2.24) is 80.2 Å². The van der Waals surface area contributed by atoms with Gasteiger partial charge < -0.3 is 54.6 Å². The van der Waals surface area contributed by atoms with Crippen LogP contribution in [0.15, 0.2) is 177 Å². The maximum Gasteiger partial charge on any atom is 0.586 e. The van der Waals surface area contributed by atoms with Crippen molar-refractivity contribution in [1.29, 1.82) is 0 Å². The Morgan fingerprint density at radius 1 is 0.495 bits per heavy atom. The normalized spacial score (nSPS) is 11.9. The van der Waals surface area contributed by atoms with Gasteiger partial charge in [0, 0.05) is 74.6 Å². The molecule has 0 spiro atoms. The SMILES string of the molecule is CCNC(=O)Nc1nc2c(-n3cccn3)cc(-c3ccc(OC)c(OCc4ccccc4)c3)cc2[nH]1.CCNC(=O)Nc1nc2c(-n3cccn3)cc(-c3ccc(OC)nc3)cc2[nH]1.CCNC(=O)Nc1nc2c(-n3cccn3)cc(-c3ccc4c(c3)OC(F)(F)O4)cc2[nH]1. The Kier molecular flexibility index (Phi) is 18.2. The molecule has 6 amide bonds. The lowest BCUT2D eigenvalue weighted by Gasteiger charge is -2.13. The molecule has 29 heteroatoms. The number of methoxy groups -OCH3 is 2. The molecule has 0 saturated carbocycles. The van der Waals surface area contributed by atoms with Crippen molar-refractivity contribution in [3.8, 4) is 79.3 Å². The molecule has 1 aliphatic heterocycles. The number of imidazole rings is 3. The summed E-state index contributed by atoms with van der Waals surface area (Å²) in [6.07, 6.45) is 8.55. The third kappa shape index (κ3) is 14.4. The first-order valence-corrected chi connectivity index (χ1v) is 29.8. The molecule has 482 valence electrons. The minimum Gasteiger partial charge on any atom is -0.493 e. The maximum atomic E-state index is 13.4. The summed E-state index contributed by atoms with van der Waals surface area (Å²) in [4.78, 5) is 63.0. The van der Waals surface area contributed by atoms with Gasteiger partial charge in [0.15, 0.2) is 23.0 Å². The van der Waals surface area contributed by atoms with Gasteiger partial charge in [0.2, 0.25) is 23.7 Å². The molecule has 0 unspecified atom stereocenters. The van der Waals surface area contributed by atoms with Crippen molar-refractivity contribution in [3.05, 3.63) is 182 Å². The molecule has 7 aromatic heterocycles. The van der Waals surface area contributed by atoms with E-state index >= 15 is 0 Å². The quantitative estimate of drug-likeness (QED) is 0.0409. The number of pyridine rings is 1. The minimum atomic E-state index is -3.69. The van der Waals surface area contributed by atoms with Gasteiger partial charge in [-0.15, -0.1) is 8.78 Å². The number of amides is 6. The van der Waals surface area contributed by atoms with E-state index in [-0.39, 0.29) is 35.5 Å². The topological polar surface area (TPSA) is 322 Å². The van der Waals surface area contributed by atoms with Crippen LogP contribution in [0.1, 0.15) is 26.3 Å². The van der Waals surface area contributed by atoms with Crippen molar-refractivity contribution in [2.75, 3.05) is 49.8 Å². The number of benzene rings is 6. The van der Waals surface area contributed by atoms with Gasteiger partial charge in [-0.1, -0.05) is 42.5 Å². The van der Waals surface area contributed by atoms with Crippen LogP contribution in [0.4, 0.5) is 41.0 Å². The largest absolute Gasteiger partial charge is 0.586 e. The van der Waals surface area contributed by atoms with E-state index in [2.05, 4.69) is 91.6 Å². The number of rotatable bonds is 17. The lowest BCUT2D eigenvalue weighted by Crippen LogP contribution is -2.28. The van der Waals surface area contributed by atoms with Gasteiger partial charge >= 0.3 is 24.4 Å². The average molecular weight is 1290 g/mol. The van der Waals surface area contributed by atoms with Crippen molar-refractivity contribution < 1.29 is 46.8 Å². The standard InChI is InChI=1S/C27H26N6O3.C20H16F2N6O3.C19H19N7O2/c1-3-28-27(34)32-26-30-21-14-20(15-22(25(21)31-26)33-13-7-12-29-33)19-10-11-23(35-2)24(16-19)36-17-18-8-5-4-6-9-18;1-2-23-19(29)27-18-25-13-8-12(9-14(17(13)26-18)28-7-3-6-24-28)11-4-5-15-16(10-11)31-20(21,22)30-15;1-3-20-19(27)25-18-23-14-9-13(12-5-6-16(28-2)21-11-12)10-15(17(14)24-18)26-8-4-7-22-26/h4-16H,3,17H2,1-2H3,(H3,28,30,31,32,34);3-10H,2H2,1H3,(H3,23,25,26,27,29);4-11H,3H2,1-2H3,(H3,20,23,24,25,27). The second-order valence-corrected chi connectivity index (χ2v) is 20.8. The molecule has 9 N–H and O–H groups in total. The molecule has 0 atom stereocenters. The zero-order chi connectivity index (χ0) is 66.0. The molecule has 14 rings (SSSR count). The van der Waals surface area contributed by atoms with Crippen molar-refractivity contribution >= 4 is 69.0 Å². The van der Waals surface area contributed by atoms with Crippen LogP contribution in [-0.4, -0.2) is 122 Å². The van der Waals surface area contributed by atoms with Crippen LogP contribution in [0.2, 0.25) is 0 Å². The third-order valence-corrected chi connectivity index (χ3v) is 14.4. The van der Waals surface area contributed by atoms with Crippen LogP contribution in [-0.2, 0) is 6.61 Å². The summed E-state index contributed by atoms with van der Waals surface area (Å²) in [5.74, 6) is 2.73. The van der Waals surface area contributed by atoms with Gasteiger partial charge in [-0.25, -0.2) is 48.4 Å². The first-order chi connectivity index (χ1) is 46.2. The molecule has 8 heterocycles. The van der Waals surface area contributed by atoms with Gasteiger partial charge in [-0.3, -0.25) is 16.0 Å². The molecule has 95 heavy (non-hydrogen) atoms. The predicted molar refractivity (Wildman–Crippen MR) is 352 cm³/mol. The summed E-state index contributed by atoms with van der Waals surface area (Å²) in [6.45, 7) is 7.45. The molecule has 27 nitrogen and oxygen atoms in total. The highest BCUT2D eigenvalue weighted by molar-refractivity contribution is 5.97. The highest BCUT2D eigenvalue weighted by Crippen LogP contribution is 2.44. The number of H-pyrrole nitrogens is 3. The van der Waals surface area contributed by atoms with Gasteiger partial charge in [-0.05, 0) is 139 Å². The summed E-state index contributed by atoms with van der Waals surface area (Å²) < 4.78 is 57.7. The van der Waals surface area contributed by atoms with Crippen molar-refractivity contribution in [3.63, 3.8) is 0 Å². The fraction of sp³-hybridized carbons (Fsp3) is 0.152. The maximum absolute atomic E-state index is 13.4. The first-order valence-electron chi connectivity index (χ1n) is 29.8. The second kappa shape index (κ2) is 27.7. The zero-order valence-corrected chi connectivity index (χ0v) is 51.6. The van der Waals surface area contributed by atoms with E-state index in [0.29, 0.717) is 94.4 Å². The highest BCUT2D eigenvalue weighted by atomic mass is 19.3. The van der Waals surface area contributed by atoms with Crippen LogP contribution >= 0.6 is 0 Å². The predicted octanol–water partition coefficient (Wildman–Crippen LogP) is 12.0. The lowest BCUT2D eigenvalue weighted by molar-refractivity contribution is -0.286. The number of fused-ring (bicyclic) bond motifs is 4. The van der Waals surface area contributed by atoms with Crippen LogP contribution in [0.5, 0.6) is 28.9 Å². The van der Waals surface area contributed by atoms with E-state index in [1.54, 1.807) is 77.4 Å². The first kappa shape index (κ1) is 62.4. The summed E-state index contributed by atoms with van der Waals surface area (Å²) in [5, 5.41) is 29.1. The Hall–Kier alpha value is -12.8. The molecule has 0 aliphatic carbocycles. The molecular weight excluding hydrogens is 1220 g/mol. The average Bonchev–Trinajstić information content (AvgIpc) is 1.69. The fourth-order valence-corrected chi connectivity index (χ4v) is 10.2. The Morgan fingerprint density at radius 3 is 1.38 bits per heavy atom. The number of anilines is 3. The number of nitrogens with one attached hydrogen (secondary N) is 9. The number of hydrogen-bond acceptors (Lipinski definition) is 15. The molecule has 1 aliphatic rings. The van der Waals surface area contributed by atoms with Crippen molar-refractivity contribution in [2.24, 2.45) is 0 Å². The molecule has 0 fully saturated rings. The smallest absolute Gasteiger partial charge is 0.493 e.